The highest BCUT2D eigenvalue weighted by Gasteiger charge is 2.24. The first kappa shape index (κ1) is 12.4. The Balaban J connectivity index is 2.38. The molecule has 1 aliphatic heterocycles. The summed E-state index contributed by atoms with van der Waals surface area (Å²) in [6.07, 6.45) is 0. The van der Waals surface area contributed by atoms with Gasteiger partial charge in [0.1, 0.15) is 0 Å². The number of rotatable bonds is 5. The highest BCUT2D eigenvalue weighted by atomic mass is 16.5. The highest BCUT2D eigenvalue weighted by Crippen LogP contribution is 2.03. The normalized spacial score (nSPS) is 22.7. The van der Waals surface area contributed by atoms with E-state index in [2.05, 4.69) is 10.2 Å². The molecule has 0 saturated carbocycles. The summed E-state index contributed by atoms with van der Waals surface area (Å²) in [4.78, 5) is 13.4. The Labute approximate surface area is 90.7 Å². The van der Waals surface area contributed by atoms with Gasteiger partial charge in [-0.2, -0.15) is 0 Å². The minimum absolute atomic E-state index is 0.152. The Morgan fingerprint density at radius 1 is 1.60 bits per heavy atom. The van der Waals surface area contributed by atoms with Gasteiger partial charge in [0.15, 0.2) is 0 Å². The van der Waals surface area contributed by atoms with Crippen LogP contribution in [0.15, 0.2) is 0 Å². The zero-order valence-electron chi connectivity index (χ0n) is 9.49. The lowest BCUT2D eigenvalue weighted by atomic mass is 10.2. The zero-order chi connectivity index (χ0) is 11.1. The Kier molecular flexibility index (Phi) is 5.60. The van der Waals surface area contributed by atoms with E-state index in [9.17, 15) is 4.79 Å². The van der Waals surface area contributed by atoms with Crippen LogP contribution in [-0.2, 0) is 14.3 Å². The SMILES string of the molecule is CCOC(=O)CN1CCNC[C@H]1COC. The van der Waals surface area contributed by atoms with E-state index < -0.39 is 0 Å². The summed E-state index contributed by atoms with van der Waals surface area (Å²) in [5.41, 5.74) is 0. The van der Waals surface area contributed by atoms with E-state index >= 15 is 0 Å². The Hall–Kier alpha value is -0.650. The van der Waals surface area contributed by atoms with E-state index in [0.29, 0.717) is 19.8 Å². The highest BCUT2D eigenvalue weighted by molar-refractivity contribution is 5.71. The molecular weight excluding hydrogens is 196 g/mol. The number of ether oxygens (including phenoxy) is 2. The molecule has 0 bridgehead atoms. The number of hydrogen-bond acceptors (Lipinski definition) is 5. The minimum atomic E-state index is -0.152. The van der Waals surface area contributed by atoms with Gasteiger partial charge in [-0.15, -0.1) is 0 Å². The largest absolute Gasteiger partial charge is 0.465 e. The predicted octanol–water partition coefficient (Wildman–Crippen LogP) is -0.530. The number of hydrogen-bond donors (Lipinski definition) is 1. The maximum absolute atomic E-state index is 11.3. The molecule has 1 fully saturated rings. The summed E-state index contributed by atoms with van der Waals surface area (Å²) in [6.45, 7) is 5.93. The van der Waals surface area contributed by atoms with Gasteiger partial charge in [-0.05, 0) is 6.92 Å². The number of esters is 1. The molecule has 0 aromatic rings. The van der Waals surface area contributed by atoms with Crippen molar-refractivity contribution in [1.29, 1.82) is 0 Å². The van der Waals surface area contributed by atoms with Crippen LogP contribution < -0.4 is 5.32 Å². The molecule has 5 heteroatoms. The van der Waals surface area contributed by atoms with Gasteiger partial charge in [0.25, 0.3) is 0 Å². The molecule has 0 aromatic carbocycles. The van der Waals surface area contributed by atoms with Crippen LogP contribution in [0.25, 0.3) is 0 Å². The maximum Gasteiger partial charge on any atom is 0.320 e. The second-order valence-electron chi connectivity index (χ2n) is 3.59. The van der Waals surface area contributed by atoms with Crippen molar-refractivity contribution in [3.05, 3.63) is 0 Å². The van der Waals surface area contributed by atoms with Gasteiger partial charge in [-0.1, -0.05) is 0 Å². The van der Waals surface area contributed by atoms with Crippen molar-refractivity contribution in [1.82, 2.24) is 10.2 Å². The van der Waals surface area contributed by atoms with Crippen LogP contribution >= 0.6 is 0 Å². The van der Waals surface area contributed by atoms with Crippen LogP contribution in [0.5, 0.6) is 0 Å². The van der Waals surface area contributed by atoms with E-state index in [1.165, 1.54) is 0 Å². The number of carbonyl (C=O) groups is 1. The molecule has 0 spiro atoms. The molecule has 0 unspecified atom stereocenters. The summed E-state index contributed by atoms with van der Waals surface area (Å²) >= 11 is 0. The summed E-state index contributed by atoms with van der Waals surface area (Å²) in [5, 5.41) is 3.28. The van der Waals surface area contributed by atoms with Gasteiger partial charge in [-0.25, -0.2) is 0 Å². The minimum Gasteiger partial charge on any atom is -0.465 e. The third-order valence-electron chi connectivity index (χ3n) is 2.47. The van der Waals surface area contributed by atoms with Crippen molar-refractivity contribution in [3.8, 4) is 0 Å². The number of carbonyl (C=O) groups excluding carboxylic acids is 1. The van der Waals surface area contributed by atoms with Crippen LogP contribution in [0, 0.1) is 0 Å². The molecular formula is C10H20N2O3. The van der Waals surface area contributed by atoms with Crippen LogP contribution in [0.2, 0.25) is 0 Å². The third kappa shape index (κ3) is 4.15. The van der Waals surface area contributed by atoms with Crippen molar-refractivity contribution in [2.75, 3.05) is 46.5 Å². The summed E-state index contributed by atoms with van der Waals surface area (Å²) in [7, 11) is 1.68. The Bertz CT molecular complexity index is 197. The smallest absolute Gasteiger partial charge is 0.320 e. The third-order valence-corrected chi connectivity index (χ3v) is 2.47. The fourth-order valence-electron chi connectivity index (χ4n) is 1.74. The average molecular weight is 216 g/mol. The van der Waals surface area contributed by atoms with Gasteiger partial charge in [0.2, 0.25) is 0 Å². The van der Waals surface area contributed by atoms with Gasteiger partial charge >= 0.3 is 5.97 Å². The standard InChI is InChI=1S/C10H20N2O3/c1-3-15-10(13)7-12-5-4-11-6-9(12)8-14-2/h9,11H,3-8H2,1-2H3/t9-/m0/s1. The molecule has 1 rings (SSSR count). The first-order chi connectivity index (χ1) is 7.27. The van der Waals surface area contributed by atoms with Gasteiger partial charge < -0.3 is 14.8 Å². The molecule has 1 heterocycles. The number of piperazine rings is 1. The molecule has 5 nitrogen and oxygen atoms in total. The zero-order valence-corrected chi connectivity index (χ0v) is 9.49. The van der Waals surface area contributed by atoms with Crippen LogP contribution in [0.4, 0.5) is 0 Å². The Morgan fingerprint density at radius 2 is 2.40 bits per heavy atom. The second kappa shape index (κ2) is 6.76. The van der Waals surface area contributed by atoms with Crippen LogP contribution in [-0.4, -0.2) is 63.4 Å². The van der Waals surface area contributed by atoms with Crippen LogP contribution in [0.3, 0.4) is 0 Å². The Morgan fingerprint density at radius 3 is 3.07 bits per heavy atom. The number of nitrogens with zero attached hydrogens (tertiary/aromatic N) is 1. The topological polar surface area (TPSA) is 50.8 Å². The first-order valence-electron chi connectivity index (χ1n) is 5.37. The number of nitrogens with one attached hydrogen (secondary N) is 1. The lowest BCUT2D eigenvalue weighted by molar-refractivity contribution is -0.145. The van der Waals surface area contributed by atoms with E-state index in [1.807, 2.05) is 6.92 Å². The van der Waals surface area contributed by atoms with Crippen molar-refractivity contribution in [2.45, 2.75) is 13.0 Å². The van der Waals surface area contributed by atoms with Gasteiger partial charge in [-0.3, -0.25) is 9.69 Å². The second-order valence-corrected chi connectivity index (χ2v) is 3.59. The maximum atomic E-state index is 11.3. The lowest BCUT2D eigenvalue weighted by Crippen LogP contribution is -2.54. The summed E-state index contributed by atoms with van der Waals surface area (Å²) in [5.74, 6) is -0.152. The van der Waals surface area contributed by atoms with Crippen molar-refractivity contribution < 1.29 is 14.3 Å². The fourth-order valence-corrected chi connectivity index (χ4v) is 1.74. The van der Waals surface area contributed by atoms with E-state index in [0.717, 1.165) is 19.6 Å². The van der Waals surface area contributed by atoms with Crippen molar-refractivity contribution >= 4 is 5.97 Å². The van der Waals surface area contributed by atoms with E-state index in [4.69, 9.17) is 9.47 Å². The molecule has 1 N–H and O–H groups in total. The van der Waals surface area contributed by atoms with Gasteiger partial charge in [0, 0.05) is 32.8 Å². The fraction of sp³-hybridized carbons (Fsp3) is 0.900. The molecule has 88 valence electrons. The lowest BCUT2D eigenvalue weighted by Gasteiger charge is -2.34. The van der Waals surface area contributed by atoms with Gasteiger partial charge in [0.05, 0.1) is 19.8 Å². The molecule has 15 heavy (non-hydrogen) atoms. The van der Waals surface area contributed by atoms with Crippen molar-refractivity contribution in [3.63, 3.8) is 0 Å². The molecule has 0 radical (unpaired) electrons. The van der Waals surface area contributed by atoms with Crippen LogP contribution in [0.1, 0.15) is 6.92 Å². The molecule has 1 aliphatic rings. The van der Waals surface area contributed by atoms with Crippen molar-refractivity contribution in [2.24, 2.45) is 0 Å². The monoisotopic (exact) mass is 216 g/mol. The molecule has 1 atom stereocenters. The summed E-state index contributed by atoms with van der Waals surface area (Å²) in [6, 6.07) is 0.271. The molecule has 1 saturated heterocycles. The summed E-state index contributed by atoms with van der Waals surface area (Å²) < 4.78 is 10.0. The first-order valence-corrected chi connectivity index (χ1v) is 5.37. The predicted molar refractivity (Wildman–Crippen MR) is 56.7 cm³/mol. The molecule has 0 aromatic heterocycles. The molecule has 0 amide bonds. The molecule has 0 aliphatic carbocycles. The number of methoxy groups -OCH3 is 1. The van der Waals surface area contributed by atoms with E-state index in [-0.39, 0.29) is 12.0 Å². The quantitative estimate of drug-likeness (QED) is 0.626. The van der Waals surface area contributed by atoms with E-state index in [1.54, 1.807) is 7.11 Å². The average Bonchev–Trinajstić information content (AvgIpc) is 2.21.